The molecule has 3 N–H and O–H groups in total. The molecule has 1 aromatic heterocycles. The van der Waals surface area contributed by atoms with Gasteiger partial charge in [0.25, 0.3) is 11.8 Å². The number of oxazole rings is 1. The van der Waals surface area contributed by atoms with Crippen molar-refractivity contribution in [2.75, 3.05) is 26.8 Å². The summed E-state index contributed by atoms with van der Waals surface area (Å²) < 4.78 is 44.8. The molecule has 3 aromatic carbocycles. The Labute approximate surface area is 267 Å². The van der Waals surface area contributed by atoms with Gasteiger partial charge in [0.2, 0.25) is 5.89 Å². The van der Waals surface area contributed by atoms with Crippen molar-refractivity contribution in [2.24, 2.45) is 5.73 Å². The summed E-state index contributed by atoms with van der Waals surface area (Å²) in [6.07, 6.45) is 4.46. The topological polar surface area (TPSA) is 120 Å². The van der Waals surface area contributed by atoms with E-state index in [-0.39, 0.29) is 37.0 Å². The number of benzene rings is 3. The molecule has 1 heterocycles. The minimum absolute atomic E-state index is 0.0239. The van der Waals surface area contributed by atoms with Crippen LogP contribution in [0.5, 0.6) is 5.75 Å². The first-order valence-electron chi connectivity index (χ1n) is 15.3. The van der Waals surface area contributed by atoms with Gasteiger partial charge in [-0.05, 0) is 72.9 Å². The second kappa shape index (κ2) is 16.6. The van der Waals surface area contributed by atoms with Crippen molar-refractivity contribution in [2.45, 2.75) is 51.8 Å². The summed E-state index contributed by atoms with van der Waals surface area (Å²) in [4.78, 5) is 33.3. The monoisotopic (exact) mass is 634 g/mol. The number of nitrogens with one attached hydrogen (secondary N) is 1. The normalized spacial score (nSPS) is 12.4. The quantitative estimate of drug-likeness (QED) is 0.160. The number of aromatic nitrogens is 1. The molecule has 2 atom stereocenters. The van der Waals surface area contributed by atoms with E-state index in [0.29, 0.717) is 35.5 Å². The fourth-order valence-electron chi connectivity index (χ4n) is 5.14. The van der Waals surface area contributed by atoms with E-state index in [2.05, 4.69) is 10.3 Å². The summed E-state index contributed by atoms with van der Waals surface area (Å²) in [5.74, 6) is -1.32. The zero-order valence-electron chi connectivity index (χ0n) is 26.3. The fourth-order valence-corrected chi connectivity index (χ4v) is 5.14. The summed E-state index contributed by atoms with van der Waals surface area (Å²) in [5, 5.41) is 2.92. The number of carbonyl (C=O) groups is 2. The number of amides is 2. The maximum Gasteiger partial charge on any atom is 0.253 e. The van der Waals surface area contributed by atoms with E-state index < -0.39 is 29.6 Å². The minimum Gasteiger partial charge on any atom is -0.497 e. The van der Waals surface area contributed by atoms with Gasteiger partial charge in [-0.3, -0.25) is 9.59 Å². The molecule has 0 fully saturated rings. The Morgan fingerprint density at radius 2 is 1.70 bits per heavy atom. The van der Waals surface area contributed by atoms with E-state index in [1.807, 2.05) is 38.1 Å². The molecule has 11 heteroatoms. The van der Waals surface area contributed by atoms with Crippen LogP contribution in [0.25, 0.3) is 11.5 Å². The first kappa shape index (κ1) is 34.3. The third-order valence-corrected chi connectivity index (χ3v) is 7.32. The molecule has 1 unspecified atom stereocenters. The molecule has 0 spiro atoms. The predicted octanol–water partition coefficient (Wildman–Crippen LogP) is 5.78. The van der Waals surface area contributed by atoms with E-state index in [1.165, 1.54) is 30.7 Å². The average Bonchev–Trinajstić information content (AvgIpc) is 3.59. The molecular weight excluding hydrogens is 594 g/mol. The zero-order chi connectivity index (χ0) is 33.1. The molecule has 0 bridgehead atoms. The maximum absolute atomic E-state index is 14.1. The second-order valence-electron chi connectivity index (χ2n) is 11.0. The number of halogens is 2. The Balaban J connectivity index is 1.60. The molecule has 0 radical (unpaired) electrons. The van der Waals surface area contributed by atoms with Gasteiger partial charge in [-0.2, -0.15) is 0 Å². The van der Waals surface area contributed by atoms with Crippen molar-refractivity contribution in [1.82, 2.24) is 15.2 Å². The van der Waals surface area contributed by atoms with Gasteiger partial charge in [-0.25, -0.2) is 13.8 Å². The SMILES string of the molecule is CCCN(CCC)C(=O)c1cc(C(=O)N[C@@H](Cc2cc(F)cc(F)c2)C(N)COCc2cccc(OC)c2)cc(-c2ncco2)c1. The van der Waals surface area contributed by atoms with Crippen LogP contribution in [0.1, 0.15) is 58.5 Å². The molecule has 46 heavy (non-hydrogen) atoms. The number of ether oxygens (including phenoxy) is 2. The number of rotatable bonds is 16. The first-order valence-corrected chi connectivity index (χ1v) is 15.3. The van der Waals surface area contributed by atoms with E-state index in [0.717, 1.165) is 24.5 Å². The smallest absolute Gasteiger partial charge is 0.253 e. The van der Waals surface area contributed by atoms with Gasteiger partial charge in [-0.1, -0.05) is 26.0 Å². The minimum atomic E-state index is -0.791. The predicted molar refractivity (Wildman–Crippen MR) is 170 cm³/mol. The van der Waals surface area contributed by atoms with Crippen LogP contribution < -0.4 is 15.8 Å². The lowest BCUT2D eigenvalue weighted by molar-refractivity contribution is 0.0755. The largest absolute Gasteiger partial charge is 0.497 e. The number of methoxy groups -OCH3 is 1. The van der Waals surface area contributed by atoms with E-state index in [4.69, 9.17) is 19.6 Å². The van der Waals surface area contributed by atoms with Crippen LogP contribution in [0.15, 0.2) is 77.5 Å². The highest BCUT2D eigenvalue weighted by Crippen LogP contribution is 2.23. The molecule has 9 nitrogen and oxygen atoms in total. The van der Waals surface area contributed by atoms with Crippen LogP contribution in [-0.4, -0.2) is 60.6 Å². The highest BCUT2D eigenvalue weighted by molar-refractivity contribution is 6.01. The lowest BCUT2D eigenvalue weighted by Crippen LogP contribution is -2.51. The Morgan fingerprint density at radius 1 is 0.978 bits per heavy atom. The van der Waals surface area contributed by atoms with Gasteiger partial charge in [0.05, 0.1) is 32.6 Å². The molecule has 0 aliphatic carbocycles. The Morgan fingerprint density at radius 3 is 2.35 bits per heavy atom. The van der Waals surface area contributed by atoms with Crippen LogP contribution in [0.3, 0.4) is 0 Å². The van der Waals surface area contributed by atoms with Gasteiger partial charge >= 0.3 is 0 Å². The van der Waals surface area contributed by atoms with Gasteiger partial charge in [0.1, 0.15) is 23.6 Å². The molecule has 244 valence electrons. The molecule has 4 rings (SSSR count). The Bertz CT molecular complexity index is 1570. The zero-order valence-corrected chi connectivity index (χ0v) is 26.3. The van der Waals surface area contributed by atoms with Crippen molar-refractivity contribution < 1.29 is 32.3 Å². The fraction of sp³-hybridized carbons (Fsp3) is 0.343. The standard InChI is InChI=1S/C35H40F2N4O5/c1-4-10-41(11-5-2)35(43)27-18-25(17-26(19-27)34-39-9-12-46-34)33(42)40-32(16-24-13-28(36)20-29(37)14-24)31(38)22-45-21-23-7-6-8-30(15-23)44-3/h6-9,12-15,17-20,31-32H,4-5,10-11,16,21-22,38H2,1-3H3,(H,40,42)/t31?,32-/m0/s1. The lowest BCUT2D eigenvalue weighted by Gasteiger charge is -2.26. The van der Waals surface area contributed by atoms with Crippen molar-refractivity contribution in [1.29, 1.82) is 0 Å². The van der Waals surface area contributed by atoms with Crippen molar-refractivity contribution in [3.8, 4) is 17.2 Å². The summed E-state index contributed by atoms with van der Waals surface area (Å²) in [6, 6.07) is 13.7. The highest BCUT2D eigenvalue weighted by atomic mass is 19.1. The van der Waals surface area contributed by atoms with Gasteiger partial charge < -0.3 is 29.8 Å². The summed E-state index contributed by atoms with van der Waals surface area (Å²) in [7, 11) is 1.57. The van der Waals surface area contributed by atoms with Crippen LogP contribution in [0.4, 0.5) is 8.78 Å². The molecule has 0 aliphatic heterocycles. The Hall–Kier alpha value is -4.61. The third kappa shape index (κ3) is 9.45. The van der Waals surface area contributed by atoms with Crippen molar-refractivity contribution in [3.05, 3.63) is 107 Å². The highest BCUT2D eigenvalue weighted by Gasteiger charge is 2.25. The summed E-state index contributed by atoms with van der Waals surface area (Å²) in [5.41, 5.74) is 8.64. The number of hydrogen-bond donors (Lipinski definition) is 2. The van der Waals surface area contributed by atoms with Crippen molar-refractivity contribution in [3.63, 3.8) is 0 Å². The van der Waals surface area contributed by atoms with Gasteiger partial charge in [-0.15, -0.1) is 0 Å². The third-order valence-electron chi connectivity index (χ3n) is 7.32. The molecular formula is C35H40F2N4O5. The van der Waals surface area contributed by atoms with E-state index in [1.54, 1.807) is 24.1 Å². The van der Waals surface area contributed by atoms with E-state index >= 15 is 0 Å². The van der Waals surface area contributed by atoms with E-state index in [9.17, 15) is 18.4 Å². The average molecular weight is 635 g/mol. The second-order valence-corrected chi connectivity index (χ2v) is 11.0. The number of hydrogen-bond acceptors (Lipinski definition) is 7. The lowest BCUT2D eigenvalue weighted by atomic mass is 9.98. The maximum atomic E-state index is 14.1. The van der Waals surface area contributed by atoms with Crippen LogP contribution in [-0.2, 0) is 17.8 Å². The molecule has 0 saturated carbocycles. The molecule has 0 aliphatic rings. The number of nitrogens with two attached hydrogens (primary N) is 1. The van der Waals surface area contributed by atoms with Crippen LogP contribution in [0, 0.1) is 11.6 Å². The Kier molecular flexibility index (Phi) is 12.4. The molecule has 0 saturated heterocycles. The number of carbonyl (C=O) groups excluding carboxylic acids is 2. The number of nitrogens with zero attached hydrogens (tertiary/aromatic N) is 2. The first-order chi connectivity index (χ1) is 22.2. The van der Waals surface area contributed by atoms with Gasteiger partial charge in [0.15, 0.2) is 0 Å². The summed E-state index contributed by atoms with van der Waals surface area (Å²) in [6.45, 7) is 5.38. The van der Waals surface area contributed by atoms with Gasteiger partial charge in [0, 0.05) is 41.9 Å². The van der Waals surface area contributed by atoms with Crippen molar-refractivity contribution >= 4 is 11.8 Å². The van der Waals surface area contributed by atoms with Crippen LogP contribution >= 0.6 is 0 Å². The molecule has 2 amide bonds. The molecule has 4 aromatic rings. The van der Waals surface area contributed by atoms with Crippen LogP contribution in [0.2, 0.25) is 0 Å². The summed E-state index contributed by atoms with van der Waals surface area (Å²) >= 11 is 0.